The Bertz CT molecular complexity index is 434. The molecule has 0 unspecified atom stereocenters. The lowest BCUT2D eigenvalue weighted by atomic mass is 10.1. The van der Waals surface area contributed by atoms with Gasteiger partial charge in [0.15, 0.2) is 6.54 Å². The number of benzene rings is 1. The monoisotopic (exact) mass is 277 g/mol. The first-order chi connectivity index (χ1) is 9.56. The van der Waals surface area contributed by atoms with Gasteiger partial charge in [-0.2, -0.15) is 0 Å². The quantitative estimate of drug-likeness (QED) is 0.858. The maximum Gasteiger partial charge on any atom is 0.279 e. The fourth-order valence-electron chi connectivity index (χ4n) is 2.79. The van der Waals surface area contributed by atoms with Crippen LogP contribution in [0.4, 0.5) is 5.69 Å². The van der Waals surface area contributed by atoms with Crippen LogP contribution in [0.5, 0.6) is 0 Å². The van der Waals surface area contributed by atoms with Crippen LogP contribution >= 0.6 is 0 Å². The van der Waals surface area contributed by atoms with E-state index in [4.69, 9.17) is 4.74 Å². The molecule has 1 aromatic rings. The van der Waals surface area contributed by atoms with Crippen molar-refractivity contribution in [2.75, 3.05) is 25.0 Å². The lowest BCUT2D eigenvalue weighted by molar-refractivity contribution is -0.907. The Morgan fingerprint density at radius 2 is 1.85 bits per heavy atom. The summed E-state index contributed by atoms with van der Waals surface area (Å²) >= 11 is 0. The van der Waals surface area contributed by atoms with E-state index in [1.165, 1.54) is 10.5 Å². The average Bonchev–Trinajstić information content (AvgIpc) is 2.38. The van der Waals surface area contributed by atoms with Crippen LogP contribution in [-0.4, -0.2) is 37.7 Å². The molecule has 2 N–H and O–H groups in total. The summed E-state index contributed by atoms with van der Waals surface area (Å²) in [6, 6.07) is 8.05. The Hall–Kier alpha value is -1.39. The second-order valence-corrected chi connectivity index (χ2v) is 5.69. The van der Waals surface area contributed by atoms with Gasteiger partial charge in [-0.3, -0.25) is 4.79 Å². The molecule has 1 aliphatic rings. The minimum absolute atomic E-state index is 0.0746. The Kier molecular flexibility index (Phi) is 5.15. The molecule has 2 atom stereocenters. The van der Waals surface area contributed by atoms with Gasteiger partial charge in [-0.25, -0.2) is 0 Å². The third kappa shape index (κ3) is 4.32. The van der Waals surface area contributed by atoms with Gasteiger partial charge < -0.3 is 15.0 Å². The minimum Gasteiger partial charge on any atom is -0.364 e. The molecule has 0 radical (unpaired) electrons. The van der Waals surface area contributed by atoms with Crippen molar-refractivity contribution in [3.8, 4) is 0 Å². The molecule has 2 rings (SSSR count). The van der Waals surface area contributed by atoms with E-state index in [0.717, 1.165) is 25.2 Å². The van der Waals surface area contributed by atoms with Crippen LogP contribution in [0.15, 0.2) is 24.3 Å². The van der Waals surface area contributed by atoms with Crippen LogP contribution < -0.4 is 10.2 Å². The number of rotatable bonds is 4. The predicted octanol–water partition coefficient (Wildman–Crippen LogP) is 0.880. The Labute approximate surface area is 121 Å². The second kappa shape index (κ2) is 6.86. The molecule has 1 aliphatic heterocycles. The van der Waals surface area contributed by atoms with Crippen LogP contribution in [-0.2, 0) is 16.0 Å². The molecule has 1 aromatic carbocycles. The molecule has 4 heteroatoms. The molecular formula is C16H25N2O2+. The largest absolute Gasteiger partial charge is 0.364 e. The van der Waals surface area contributed by atoms with E-state index in [2.05, 4.69) is 38.2 Å². The summed E-state index contributed by atoms with van der Waals surface area (Å²) in [6.45, 7) is 8.55. The fraction of sp³-hybridized carbons (Fsp3) is 0.562. The molecule has 0 aromatic heterocycles. The SMILES string of the molecule is CCc1ccc(NC(=O)C[NH+]2C[C@@H](C)O[C@H](C)C2)cc1. The van der Waals surface area contributed by atoms with Crippen LogP contribution in [0.25, 0.3) is 0 Å². The zero-order chi connectivity index (χ0) is 14.5. The average molecular weight is 277 g/mol. The summed E-state index contributed by atoms with van der Waals surface area (Å²) in [5.41, 5.74) is 2.16. The van der Waals surface area contributed by atoms with E-state index < -0.39 is 0 Å². The minimum atomic E-state index is 0.0746. The highest BCUT2D eigenvalue weighted by molar-refractivity contribution is 5.91. The van der Waals surface area contributed by atoms with Crippen LogP contribution in [0.1, 0.15) is 26.3 Å². The van der Waals surface area contributed by atoms with E-state index in [0.29, 0.717) is 6.54 Å². The number of anilines is 1. The van der Waals surface area contributed by atoms with Crippen molar-refractivity contribution in [1.82, 2.24) is 0 Å². The maximum atomic E-state index is 12.1. The number of amides is 1. The first kappa shape index (κ1) is 15.0. The third-order valence-corrected chi connectivity index (χ3v) is 3.67. The highest BCUT2D eigenvalue weighted by Crippen LogP contribution is 2.09. The van der Waals surface area contributed by atoms with Crippen molar-refractivity contribution in [1.29, 1.82) is 0 Å². The van der Waals surface area contributed by atoms with Crippen molar-refractivity contribution in [2.24, 2.45) is 0 Å². The van der Waals surface area contributed by atoms with Crippen LogP contribution in [0, 0.1) is 0 Å². The molecule has 0 saturated carbocycles. The van der Waals surface area contributed by atoms with E-state index in [1.54, 1.807) is 0 Å². The number of aryl methyl sites for hydroxylation is 1. The first-order valence-corrected chi connectivity index (χ1v) is 7.44. The number of ether oxygens (including phenoxy) is 1. The number of nitrogens with one attached hydrogen (secondary N) is 2. The Morgan fingerprint density at radius 3 is 2.40 bits per heavy atom. The van der Waals surface area contributed by atoms with Gasteiger partial charge in [0.2, 0.25) is 0 Å². The summed E-state index contributed by atoms with van der Waals surface area (Å²) in [4.78, 5) is 13.4. The topological polar surface area (TPSA) is 42.8 Å². The van der Waals surface area contributed by atoms with Gasteiger partial charge in [0.1, 0.15) is 25.3 Å². The highest BCUT2D eigenvalue weighted by atomic mass is 16.5. The number of quaternary nitrogens is 1. The van der Waals surface area contributed by atoms with Crippen molar-refractivity contribution >= 4 is 11.6 Å². The standard InChI is InChI=1S/C16H24N2O2/c1-4-14-5-7-15(8-6-14)17-16(19)11-18-9-12(2)20-13(3)10-18/h5-8,12-13H,4,9-11H2,1-3H3,(H,17,19)/p+1/t12-,13-/m1/s1. The molecule has 1 heterocycles. The summed E-state index contributed by atoms with van der Waals surface area (Å²) in [5, 5.41) is 2.97. The maximum absolute atomic E-state index is 12.1. The van der Waals surface area contributed by atoms with Gasteiger partial charge >= 0.3 is 0 Å². The smallest absolute Gasteiger partial charge is 0.279 e. The van der Waals surface area contributed by atoms with Gasteiger partial charge in [-0.15, -0.1) is 0 Å². The molecule has 20 heavy (non-hydrogen) atoms. The number of carbonyl (C=O) groups is 1. The molecule has 1 saturated heterocycles. The summed E-state index contributed by atoms with van der Waals surface area (Å²) < 4.78 is 5.69. The molecule has 110 valence electrons. The molecule has 1 fully saturated rings. The molecular weight excluding hydrogens is 252 g/mol. The third-order valence-electron chi connectivity index (χ3n) is 3.67. The molecule has 0 bridgehead atoms. The highest BCUT2D eigenvalue weighted by Gasteiger charge is 2.27. The van der Waals surface area contributed by atoms with Crippen molar-refractivity contribution in [3.05, 3.63) is 29.8 Å². The van der Waals surface area contributed by atoms with Crippen LogP contribution in [0.3, 0.4) is 0 Å². The van der Waals surface area contributed by atoms with Gasteiger partial charge in [0, 0.05) is 5.69 Å². The molecule has 1 amide bonds. The van der Waals surface area contributed by atoms with Crippen molar-refractivity contribution < 1.29 is 14.4 Å². The first-order valence-electron chi connectivity index (χ1n) is 7.44. The lowest BCUT2D eigenvalue weighted by Crippen LogP contribution is -3.16. The number of hydrogen-bond donors (Lipinski definition) is 2. The summed E-state index contributed by atoms with van der Waals surface area (Å²) in [5.74, 6) is 0.0746. The zero-order valence-corrected chi connectivity index (χ0v) is 12.6. The molecule has 0 spiro atoms. The van der Waals surface area contributed by atoms with E-state index >= 15 is 0 Å². The van der Waals surface area contributed by atoms with E-state index in [1.807, 2.05) is 12.1 Å². The van der Waals surface area contributed by atoms with Crippen LogP contribution in [0.2, 0.25) is 0 Å². The normalized spacial score (nSPS) is 26.2. The lowest BCUT2D eigenvalue weighted by Gasteiger charge is -2.31. The predicted molar refractivity (Wildman–Crippen MR) is 80.0 cm³/mol. The van der Waals surface area contributed by atoms with Crippen molar-refractivity contribution in [3.63, 3.8) is 0 Å². The summed E-state index contributed by atoms with van der Waals surface area (Å²) in [7, 11) is 0. The molecule has 4 nitrogen and oxygen atoms in total. The van der Waals surface area contributed by atoms with Gasteiger partial charge in [0.05, 0.1) is 0 Å². The van der Waals surface area contributed by atoms with E-state index in [-0.39, 0.29) is 18.1 Å². The fourth-order valence-corrected chi connectivity index (χ4v) is 2.79. The van der Waals surface area contributed by atoms with E-state index in [9.17, 15) is 4.79 Å². The Morgan fingerprint density at radius 1 is 1.25 bits per heavy atom. The van der Waals surface area contributed by atoms with Crippen molar-refractivity contribution in [2.45, 2.75) is 39.4 Å². The molecule has 0 aliphatic carbocycles. The second-order valence-electron chi connectivity index (χ2n) is 5.69. The van der Waals surface area contributed by atoms with Gasteiger partial charge in [-0.05, 0) is 38.0 Å². The Balaban J connectivity index is 1.85. The van der Waals surface area contributed by atoms with Gasteiger partial charge in [0.25, 0.3) is 5.91 Å². The summed E-state index contributed by atoms with van der Waals surface area (Å²) in [6.07, 6.45) is 1.47. The number of carbonyl (C=O) groups excluding carboxylic acids is 1. The zero-order valence-electron chi connectivity index (χ0n) is 12.6. The number of morpholine rings is 1. The van der Waals surface area contributed by atoms with Gasteiger partial charge in [-0.1, -0.05) is 19.1 Å². The number of hydrogen-bond acceptors (Lipinski definition) is 2.